The standard InChI is InChI=1S/C15H21NO3/c1-9-4-11-5-14(17-3)12(6-13(11)18-9)15-8-16-7-10(2)19-15/h5-6,9-10,15-16H,4,7-8H2,1-3H3. The Morgan fingerprint density at radius 1 is 1.21 bits per heavy atom. The minimum absolute atomic E-state index is 0.0310. The van der Waals surface area contributed by atoms with Crippen LogP contribution in [0.15, 0.2) is 12.1 Å². The Balaban J connectivity index is 1.94. The van der Waals surface area contributed by atoms with Gasteiger partial charge in [-0.25, -0.2) is 0 Å². The maximum absolute atomic E-state index is 6.00. The van der Waals surface area contributed by atoms with Gasteiger partial charge in [0, 0.05) is 30.6 Å². The van der Waals surface area contributed by atoms with Crippen LogP contribution >= 0.6 is 0 Å². The van der Waals surface area contributed by atoms with Gasteiger partial charge in [-0.3, -0.25) is 0 Å². The van der Waals surface area contributed by atoms with E-state index in [2.05, 4.69) is 31.3 Å². The van der Waals surface area contributed by atoms with Crippen molar-refractivity contribution in [2.75, 3.05) is 20.2 Å². The smallest absolute Gasteiger partial charge is 0.125 e. The molecule has 2 aliphatic rings. The molecular weight excluding hydrogens is 242 g/mol. The maximum atomic E-state index is 6.00. The largest absolute Gasteiger partial charge is 0.496 e. The first kappa shape index (κ1) is 12.8. The summed E-state index contributed by atoms with van der Waals surface area (Å²) in [5.41, 5.74) is 2.30. The molecule has 4 heteroatoms. The van der Waals surface area contributed by atoms with Crippen LogP contribution in [-0.2, 0) is 11.2 Å². The van der Waals surface area contributed by atoms with Gasteiger partial charge in [-0.1, -0.05) is 0 Å². The molecule has 3 unspecified atom stereocenters. The van der Waals surface area contributed by atoms with E-state index in [4.69, 9.17) is 14.2 Å². The molecule has 1 fully saturated rings. The molecule has 1 saturated heterocycles. The van der Waals surface area contributed by atoms with Gasteiger partial charge in [-0.05, 0) is 26.0 Å². The molecule has 3 rings (SSSR count). The predicted octanol–water partition coefficient (Wildman–Crippen LogP) is 2.07. The lowest BCUT2D eigenvalue weighted by molar-refractivity contribution is -0.0297. The van der Waals surface area contributed by atoms with Gasteiger partial charge >= 0.3 is 0 Å². The predicted molar refractivity (Wildman–Crippen MR) is 72.9 cm³/mol. The number of hydrogen-bond donors (Lipinski definition) is 1. The number of fused-ring (bicyclic) bond motifs is 1. The Morgan fingerprint density at radius 2 is 2.05 bits per heavy atom. The summed E-state index contributed by atoms with van der Waals surface area (Å²) in [6.45, 7) is 5.89. The van der Waals surface area contributed by atoms with E-state index in [1.54, 1.807) is 7.11 Å². The molecule has 0 radical (unpaired) electrons. The highest BCUT2D eigenvalue weighted by Gasteiger charge is 2.27. The molecule has 104 valence electrons. The summed E-state index contributed by atoms with van der Waals surface area (Å²) < 4.78 is 17.4. The van der Waals surface area contributed by atoms with Gasteiger partial charge in [-0.15, -0.1) is 0 Å². The van der Waals surface area contributed by atoms with Crippen molar-refractivity contribution in [2.45, 2.75) is 38.6 Å². The van der Waals surface area contributed by atoms with E-state index in [1.807, 2.05) is 0 Å². The molecule has 0 bridgehead atoms. The molecule has 2 aliphatic heterocycles. The first-order valence-corrected chi connectivity index (χ1v) is 6.91. The summed E-state index contributed by atoms with van der Waals surface area (Å²) in [5, 5.41) is 3.39. The van der Waals surface area contributed by atoms with Crippen molar-refractivity contribution in [3.8, 4) is 11.5 Å². The zero-order chi connectivity index (χ0) is 13.4. The molecule has 0 saturated carbocycles. The minimum atomic E-state index is 0.0310. The summed E-state index contributed by atoms with van der Waals surface area (Å²) in [4.78, 5) is 0. The molecule has 2 heterocycles. The Labute approximate surface area is 114 Å². The normalized spacial score (nSPS) is 29.7. The third-order valence-corrected chi connectivity index (χ3v) is 3.75. The summed E-state index contributed by atoms with van der Waals surface area (Å²) in [7, 11) is 1.71. The number of ether oxygens (including phenoxy) is 3. The van der Waals surface area contributed by atoms with Crippen molar-refractivity contribution in [1.29, 1.82) is 0 Å². The van der Waals surface area contributed by atoms with Crippen molar-refractivity contribution in [1.82, 2.24) is 5.32 Å². The monoisotopic (exact) mass is 263 g/mol. The number of benzene rings is 1. The number of morpholine rings is 1. The molecule has 3 atom stereocenters. The van der Waals surface area contributed by atoms with Crippen molar-refractivity contribution < 1.29 is 14.2 Å². The second-order valence-corrected chi connectivity index (χ2v) is 5.43. The Hall–Kier alpha value is -1.26. The fraction of sp³-hybridized carbons (Fsp3) is 0.600. The zero-order valence-corrected chi connectivity index (χ0v) is 11.7. The van der Waals surface area contributed by atoms with Gasteiger partial charge in [0.25, 0.3) is 0 Å². The van der Waals surface area contributed by atoms with Crippen molar-refractivity contribution in [3.63, 3.8) is 0 Å². The minimum Gasteiger partial charge on any atom is -0.496 e. The second kappa shape index (κ2) is 5.02. The van der Waals surface area contributed by atoms with E-state index in [0.29, 0.717) is 0 Å². The van der Waals surface area contributed by atoms with E-state index in [0.717, 1.165) is 36.6 Å². The first-order valence-electron chi connectivity index (χ1n) is 6.91. The van der Waals surface area contributed by atoms with Gasteiger partial charge in [0.15, 0.2) is 0 Å². The van der Waals surface area contributed by atoms with Crippen LogP contribution in [0.1, 0.15) is 31.1 Å². The van der Waals surface area contributed by atoms with Crippen molar-refractivity contribution in [3.05, 3.63) is 23.3 Å². The second-order valence-electron chi connectivity index (χ2n) is 5.43. The van der Waals surface area contributed by atoms with E-state index in [9.17, 15) is 0 Å². The van der Waals surface area contributed by atoms with E-state index in [1.165, 1.54) is 5.56 Å². The highest BCUT2D eigenvalue weighted by molar-refractivity contribution is 5.49. The Morgan fingerprint density at radius 3 is 2.79 bits per heavy atom. The first-order chi connectivity index (χ1) is 9.17. The van der Waals surface area contributed by atoms with Gasteiger partial charge in [0.1, 0.15) is 17.6 Å². The van der Waals surface area contributed by atoms with Crippen LogP contribution in [-0.4, -0.2) is 32.4 Å². The molecule has 1 aromatic carbocycles. The molecule has 19 heavy (non-hydrogen) atoms. The Kier molecular flexibility index (Phi) is 3.37. The molecule has 1 N–H and O–H groups in total. The average molecular weight is 263 g/mol. The summed E-state index contributed by atoms with van der Waals surface area (Å²) in [5.74, 6) is 1.88. The van der Waals surface area contributed by atoms with Gasteiger partial charge in [0.2, 0.25) is 0 Å². The number of methoxy groups -OCH3 is 1. The molecule has 0 amide bonds. The molecule has 0 aliphatic carbocycles. The summed E-state index contributed by atoms with van der Waals surface area (Å²) in [6.07, 6.45) is 1.45. The summed E-state index contributed by atoms with van der Waals surface area (Å²) in [6, 6.07) is 4.18. The van der Waals surface area contributed by atoms with Crippen LogP contribution in [0.3, 0.4) is 0 Å². The third-order valence-electron chi connectivity index (χ3n) is 3.75. The van der Waals surface area contributed by atoms with E-state index < -0.39 is 0 Å². The topological polar surface area (TPSA) is 39.7 Å². The lowest BCUT2D eigenvalue weighted by Crippen LogP contribution is -2.39. The van der Waals surface area contributed by atoms with E-state index in [-0.39, 0.29) is 18.3 Å². The van der Waals surface area contributed by atoms with Crippen LogP contribution in [0.25, 0.3) is 0 Å². The third kappa shape index (κ3) is 2.42. The number of rotatable bonds is 2. The average Bonchev–Trinajstić information content (AvgIpc) is 2.76. The fourth-order valence-corrected chi connectivity index (χ4v) is 2.86. The van der Waals surface area contributed by atoms with Crippen molar-refractivity contribution >= 4 is 0 Å². The Bertz CT molecular complexity index is 475. The molecule has 0 spiro atoms. The molecular formula is C15H21NO3. The van der Waals surface area contributed by atoms with Crippen LogP contribution in [0, 0.1) is 0 Å². The molecule has 1 aromatic rings. The zero-order valence-electron chi connectivity index (χ0n) is 11.7. The fourth-order valence-electron chi connectivity index (χ4n) is 2.86. The highest BCUT2D eigenvalue weighted by Crippen LogP contribution is 2.39. The van der Waals surface area contributed by atoms with Gasteiger partial charge in [-0.2, -0.15) is 0 Å². The van der Waals surface area contributed by atoms with Crippen LogP contribution in [0.5, 0.6) is 11.5 Å². The lowest BCUT2D eigenvalue weighted by Gasteiger charge is -2.30. The van der Waals surface area contributed by atoms with Gasteiger partial charge in [0.05, 0.1) is 19.3 Å². The highest BCUT2D eigenvalue weighted by atomic mass is 16.5. The van der Waals surface area contributed by atoms with E-state index >= 15 is 0 Å². The SMILES string of the molecule is COc1cc2c(cc1C1CNCC(C)O1)OC(C)C2. The number of nitrogens with one attached hydrogen (secondary N) is 1. The lowest BCUT2D eigenvalue weighted by atomic mass is 10.0. The van der Waals surface area contributed by atoms with Gasteiger partial charge < -0.3 is 19.5 Å². The maximum Gasteiger partial charge on any atom is 0.125 e. The molecule has 0 aromatic heterocycles. The quantitative estimate of drug-likeness (QED) is 0.886. The van der Waals surface area contributed by atoms with Crippen LogP contribution in [0.4, 0.5) is 0 Å². The van der Waals surface area contributed by atoms with Crippen molar-refractivity contribution in [2.24, 2.45) is 0 Å². The molecule has 4 nitrogen and oxygen atoms in total. The summed E-state index contributed by atoms with van der Waals surface area (Å²) >= 11 is 0. The number of hydrogen-bond acceptors (Lipinski definition) is 4. The van der Waals surface area contributed by atoms with Crippen LogP contribution < -0.4 is 14.8 Å². The van der Waals surface area contributed by atoms with Crippen LogP contribution in [0.2, 0.25) is 0 Å².